The summed E-state index contributed by atoms with van der Waals surface area (Å²) < 4.78 is 46.3. The van der Waals surface area contributed by atoms with E-state index in [1.165, 1.54) is 20.4 Å². The summed E-state index contributed by atoms with van der Waals surface area (Å²) in [5, 5.41) is 12.3. The summed E-state index contributed by atoms with van der Waals surface area (Å²) in [6, 6.07) is 10.4. The molecule has 13 nitrogen and oxygen atoms in total. The average molecular weight is 586 g/mol. The first-order chi connectivity index (χ1) is 19.8. The minimum absolute atomic E-state index is 0.0355. The first kappa shape index (κ1) is 29.8. The summed E-state index contributed by atoms with van der Waals surface area (Å²) >= 11 is 0. The van der Waals surface area contributed by atoms with Crippen LogP contribution in [0.3, 0.4) is 0 Å². The van der Waals surface area contributed by atoms with Gasteiger partial charge >= 0.3 is 0 Å². The van der Waals surface area contributed by atoms with Crippen molar-refractivity contribution in [3.8, 4) is 17.2 Å². The predicted molar refractivity (Wildman–Crippen MR) is 156 cm³/mol. The van der Waals surface area contributed by atoms with Crippen LogP contribution in [0.1, 0.15) is 26.1 Å². The van der Waals surface area contributed by atoms with E-state index in [0.29, 0.717) is 52.8 Å². The molecule has 0 bridgehead atoms. The number of imidazole rings is 1. The van der Waals surface area contributed by atoms with E-state index in [4.69, 9.17) is 14.2 Å². The van der Waals surface area contributed by atoms with E-state index in [-0.39, 0.29) is 29.9 Å². The third-order valence-corrected chi connectivity index (χ3v) is 7.50. The molecule has 41 heavy (non-hydrogen) atoms. The number of methoxy groups -OCH3 is 2. The molecule has 2 aromatic heterocycles. The lowest BCUT2D eigenvalue weighted by Gasteiger charge is -2.19. The van der Waals surface area contributed by atoms with Crippen LogP contribution >= 0.6 is 0 Å². The standard InChI is InChI=1S/C27H35N7O6S/c1-5-34(6-2)17-23-28-16-24(32-23)41(36,37)33-27-26(29-19-10-7-8-11-20(19)30-27)31-21-14-18(38-3)15-22(39-4)25(21)40-13-9-12-35/h7-8,10-11,14-16,35H,5-6,9,12-13,17H2,1-4H3,(H,28,32)(H,29,31)(H,30,33). The number of hydrogen-bond donors (Lipinski definition) is 4. The maximum atomic E-state index is 13.4. The Hall–Kier alpha value is -4.14. The van der Waals surface area contributed by atoms with Crippen LogP contribution in [0.15, 0.2) is 47.6 Å². The highest BCUT2D eigenvalue weighted by atomic mass is 32.2. The fourth-order valence-corrected chi connectivity index (χ4v) is 4.96. The fourth-order valence-electron chi connectivity index (χ4n) is 4.01. The van der Waals surface area contributed by atoms with Crippen LogP contribution in [-0.2, 0) is 16.6 Å². The van der Waals surface area contributed by atoms with Crippen LogP contribution in [0.2, 0.25) is 0 Å². The number of anilines is 3. The van der Waals surface area contributed by atoms with Crippen molar-refractivity contribution in [2.24, 2.45) is 0 Å². The van der Waals surface area contributed by atoms with Gasteiger partial charge in [-0.3, -0.25) is 9.62 Å². The lowest BCUT2D eigenvalue weighted by molar-refractivity contribution is 0.228. The fraction of sp³-hybridized carbons (Fsp3) is 0.370. The molecular weight excluding hydrogens is 550 g/mol. The van der Waals surface area contributed by atoms with Crippen molar-refractivity contribution in [1.29, 1.82) is 0 Å². The number of aliphatic hydroxyl groups is 1. The van der Waals surface area contributed by atoms with E-state index in [0.717, 1.165) is 13.1 Å². The van der Waals surface area contributed by atoms with E-state index in [1.54, 1.807) is 30.3 Å². The van der Waals surface area contributed by atoms with Gasteiger partial charge in [0.1, 0.15) is 11.6 Å². The van der Waals surface area contributed by atoms with Gasteiger partial charge in [-0.2, -0.15) is 8.42 Å². The molecule has 4 N–H and O–H groups in total. The predicted octanol–water partition coefficient (Wildman–Crippen LogP) is 3.52. The minimum Gasteiger partial charge on any atom is -0.497 e. The first-order valence-corrected chi connectivity index (χ1v) is 14.6. The monoisotopic (exact) mass is 585 g/mol. The van der Waals surface area contributed by atoms with Gasteiger partial charge in [0.2, 0.25) is 0 Å². The van der Waals surface area contributed by atoms with Gasteiger partial charge < -0.3 is 29.6 Å². The van der Waals surface area contributed by atoms with Crippen LogP contribution in [0.5, 0.6) is 17.2 Å². The number of para-hydroxylation sites is 2. The van der Waals surface area contributed by atoms with E-state index >= 15 is 0 Å². The Morgan fingerprint density at radius 2 is 1.73 bits per heavy atom. The van der Waals surface area contributed by atoms with Crippen LogP contribution < -0.4 is 24.2 Å². The van der Waals surface area contributed by atoms with E-state index in [2.05, 4.69) is 34.9 Å². The first-order valence-electron chi connectivity index (χ1n) is 13.1. The van der Waals surface area contributed by atoms with Crippen LogP contribution in [0.4, 0.5) is 17.3 Å². The molecule has 220 valence electrons. The normalized spacial score (nSPS) is 11.6. The largest absolute Gasteiger partial charge is 0.497 e. The van der Waals surface area contributed by atoms with Gasteiger partial charge in [-0.25, -0.2) is 15.0 Å². The van der Waals surface area contributed by atoms with Crippen molar-refractivity contribution in [2.75, 3.05) is 50.6 Å². The molecule has 4 aromatic rings. The number of nitrogens with zero attached hydrogens (tertiary/aromatic N) is 4. The summed E-state index contributed by atoms with van der Waals surface area (Å²) in [5.74, 6) is 1.79. The molecule has 0 aliphatic heterocycles. The van der Waals surface area contributed by atoms with Crippen LogP contribution in [-0.4, -0.2) is 78.9 Å². The number of sulfonamides is 1. The number of rotatable bonds is 15. The molecule has 0 spiro atoms. The third kappa shape index (κ3) is 7.14. The van der Waals surface area contributed by atoms with Crippen molar-refractivity contribution in [3.63, 3.8) is 0 Å². The summed E-state index contributed by atoms with van der Waals surface area (Å²) in [7, 11) is -1.11. The van der Waals surface area contributed by atoms with Gasteiger partial charge in [0.15, 0.2) is 28.2 Å². The van der Waals surface area contributed by atoms with Gasteiger partial charge in [-0.15, -0.1) is 0 Å². The van der Waals surface area contributed by atoms with Gasteiger partial charge in [-0.1, -0.05) is 26.0 Å². The zero-order chi connectivity index (χ0) is 29.4. The zero-order valence-corrected chi connectivity index (χ0v) is 24.3. The van der Waals surface area contributed by atoms with Gasteiger partial charge in [0, 0.05) is 25.2 Å². The molecule has 0 fully saturated rings. The van der Waals surface area contributed by atoms with Crippen molar-refractivity contribution >= 4 is 38.4 Å². The number of benzene rings is 2. The summed E-state index contributed by atoms with van der Waals surface area (Å²) in [6.07, 6.45) is 1.68. The lowest BCUT2D eigenvalue weighted by atomic mass is 10.2. The Kier molecular flexibility index (Phi) is 9.81. The summed E-state index contributed by atoms with van der Waals surface area (Å²) in [6.45, 7) is 6.32. The molecule has 0 unspecified atom stereocenters. The zero-order valence-electron chi connectivity index (χ0n) is 23.5. The number of aromatic amines is 1. The topological polar surface area (TPSA) is 164 Å². The second kappa shape index (κ2) is 13.5. The van der Waals surface area contributed by atoms with E-state index < -0.39 is 10.0 Å². The number of hydrogen-bond acceptors (Lipinski definition) is 11. The van der Waals surface area contributed by atoms with Gasteiger partial charge in [0.25, 0.3) is 10.0 Å². The molecule has 4 rings (SSSR count). The Bertz CT molecular complexity index is 1570. The number of nitrogens with one attached hydrogen (secondary N) is 3. The summed E-state index contributed by atoms with van der Waals surface area (Å²) in [5.41, 5.74) is 1.43. The quantitative estimate of drug-likeness (QED) is 0.151. The number of fused-ring (bicyclic) bond motifs is 1. The van der Waals surface area contributed by atoms with Gasteiger partial charge in [-0.05, 0) is 25.2 Å². The highest BCUT2D eigenvalue weighted by Crippen LogP contribution is 2.42. The average Bonchev–Trinajstić information content (AvgIpc) is 3.46. The number of ether oxygens (including phenoxy) is 3. The number of aliphatic hydroxyl groups excluding tert-OH is 1. The Morgan fingerprint density at radius 3 is 2.37 bits per heavy atom. The highest BCUT2D eigenvalue weighted by Gasteiger charge is 2.23. The van der Waals surface area contributed by atoms with Crippen molar-refractivity contribution in [1.82, 2.24) is 24.8 Å². The summed E-state index contributed by atoms with van der Waals surface area (Å²) in [4.78, 5) is 18.5. The number of aromatic nitrogens is 4. The van der Waals surface area contributed by atoms with Crippen molar-refractivity contribution < 1.29 is 27.7 Å². The molecule has 2 aromatic carbocycles. The molecule has 0 aliphatic carbocycles. The SMILES string of the molecule is CCN(CC)Cc1ncc(S(=O)(=O)Nc2nc3ccccc3nc2Nc2cc(OC)cc(OC)c2OCCCO)[nH]1. The minimum atomic E-state index is -4.12. The molecule has 14 heteroatoms. The van der Waals surface area contributed by atoms with Gasteiger partial charge in [0.05, 0.1) is 50.3 Å². The molecule has 0 saturated heterocycles. The van der Waals surface area contributed by atoms with E-state index in [9.17, 15) is 13.5 Å². The maximum Gasteiger partial charge on any atom is 0.280 e. The van der Waals surface area contributed by atoms with Crippen LogP contribution in [0.25, 0.3) is 11.0 Å². The second-order valence-electron chi connectivity index (χ2n) is 8.93. The molecule has 0 amide bonds. The molecule has 0 saturated carbocycles. The third-order valence-electron chi connectivity index (χ3n) is 6.25. The molecule has 0 atom stereocenters. The van der Waals surface area contributed by atoms with E-state index in [1.807, 2.05) is 19.9 Å². The van der Waals surface area contributed by atoms with Crippen LogP contribution in [0, 0.1) is 0 Å². The number of H-pyrrole nitrogens is 1. The molecule has 0 aliphatic rings. The Labute approximate surface area is 238 Å². The van der Waals surface area contributed by atoms with Crippen molar-refractivity contribution in [3.05, 3.63) is 48.4 Å². The van der Waals surface area contributed by atoms with Crippen molar-refractivity contribution in [2.45, 2.75) is 31.8 Å². The Morgan fingerprint density at radius 1 is 1.02 bits per heavy atom. The second-order valence-corrected chi connectivity index (χ2v) is 10.6. The molecule has 0 radical (unpaired) electrons. The highest BCUT2D eigenvalue weighted by molar-refractivity contribution is 7.92. The molecular formula is C27H35N7O6S. The molecule has 2 heterocycles. The Balaban J connectivity index is 1.74. The smallest absolute Gasteiger partial charge is 0.280 e. The maximum absolute atomic E-state index is 13.4. The lowest BCUT2D eigenvalue weighted by Crippen LogP contribution is -2.23.